The van der Waals surface area contributed by atoms with Crippen molar-refractivity contribution < 1.29 is 28.6 Å². The highest BCUT2D eigenvalue weighted by atomic mass is 79.9. The zero-order valence-electron chi connectivity index (χ0n) is 19.7. The Balaban J connectivity index is 1.42. The Morgan fingerprint density at radius 3 is 2.32 bits per heavy atom. The molecule has 1 aliphatic rings. The first-order valence-electron chi connectivity index (χ1n) is 11.2. The highest BCUT2D eigenvalue weighted by Gasteiger charge is 2.36. The van der Waals surface area contributed by atoms with Crippen molar-refractivity contribution in [3.8, 4) is 17.2 Å². The van der Waals surface area contributed by atoms with E-state index in [-0.39, 0.29) is 5.57 Å². The number of nitrogens with one attached hydrogen (secondary N) is 1. The fourth-order valence-electron chi connectivity index (χ4n) is 3.50. The molecule has 1 saturated heterocycles. The van der Waals surface area contributed by atoms with E-state index in [1.165, 1.54) is 13.2 Å². The lowest BCUT2D eigenvalue weighted by atomic mass is 10.1. The number of imide groups is 2. The molecular weight excluding hydrogens is 564 g/mol. The van der Waals surface area contributed by atoms with Crippen LogP contribution in [-0.4, -0.2) is 38.2 Å². The molecule has 0 aromatic heterocycles. The highest BCUT2D eigenvalue weighted by Crippen LogP contribution is 2.30. The van der Waals surface area contributed by atoms with Crippen LogP contribution in [0.1, 0.15) is 12.0 Å². The minimum Gasteiger partial charge on any atom is -0.493 e. The first-order chi connectivity index (χ1) is 17.9. The second-order valence-corrected chi connectivity index (χ2v) is 9.20. The number of anilines is 1. The fraction of sp³-hybridized carbons (Fsp3) is 0.148. The maximum atomic E-state index is 13.1. The van der Waals surface area contributed by atoms with Gasteiger partial charge in [0.2, 0.25) is 0 Å². The number of urea groups is 1. The van der Waals surface area contributed by atoms with Gasteiger partial charge >= 0.3 is 6.03 Å². The molecule has 0 radical (unpaired) electrons. The predicted molar refractivity (Wildman–Crippen MR) is 143 cm³/mol. The predicted octanol–water partition coefficient (Wildman–Crippen LogP) is 5.63. The van der Waals surface area contributed by atoms with Gasteiger partial charge < -0.3 is 14.2 Å². The summed E-state index contributed by atoms with van der Waals surface area (Å²) in [5, 5.41) is 2.85. The van der Waals surface area contributed by atoms with Gasteiger partial charge in [-0.05, 0) is 72.3 Å². The Kier molecular flexibility index (Phi) is 8.47. The number of nitrogens with zero attached hydrogens (tertiary/aromatic N) is 1. The number of amides is 4. The summed E-state index contributed by atoms with van der Waals surface area (Å²) in [5.41, 5.74) is 0.682. The van der Waals surface area contributed by atoms with Gasteiger partial charge in [-0.1, -0.05) is 33.6 Å². The number of ether oxygens (including phenoxy) is 3. The molecule has 10 heteroatoms. The highest BCUT2D eigenvalue weighted by molar-refractivity contribution is 9.10. The van der Waals surface area contributed by atoms with E-state index < -0.39 is 17.8 Å². The van der Waals surface area contributed by atoms with E-state index in [0.29, 0.717) is 47.4 Å². The molecule has 8 nitrogen and oxygen atoms in total. The van der Waals surface area contributed by atoms with Crippen LogP contribution in [0.15, 0.2) is 76.8 Å². The maximum absolute atomic E-state index is 13.1. The molecule has 4 rings (SSSR count). The van der Waals surface area contributed by atoms with Crippen LogP contribution in [0.4, 0.5) is 10.5 Å². The van der Waals surface area contributed by atoms with Gasteiger partial charge in [0, 0.05) is 15.9 Å². The standard InChI is InChI=1S/C27H22BrClN2O6/c1-35-24-16-17(3-12-23(24)37-14-2-13-36-21-10-6-19(29)7-11-21)15-22-25(32)30-27(34)31(26(22)33)20-8-4-18(28)5-9-20/h3-12,15-16H,2,13-14H2,1H3,(H,30,32,34)/b22-15-. The van der Waals surface area contributed by atoms with Crippen LogP contribution in [0, 0.1) is 0 Å². The maximum Gasteiger partial charge on any atom is 0.335 e. The van der Waals surface area contributed by atoms with Crippen molar-refractivity contribution in [1.82, 2.24) is 5.32 Å². The van der Waals surface area contributed by atoms with Crippen LogP contribution in [0.5, 0.6) is 17.2 Å². The third-order valence-corrected chi connectivity index (χ3v) is 6.09. The summed E-state index contributed by atoms with van der Waals surface area (Å²) in [6, 6.07) is 17.9. The molecule has 37 heavy (non-hydrogen) atoms. The van der Waals surface area contributed by atoms with Gasteiger partial charge in [0.15, 0.2) is 11.5 Å². The summed E-state index contributed by atoms with van der Waals surface area (Å²) in [4.78, 5) is 38.8. The number of rotatable bonds is 9. The molecule has 0 unspecified atom stereocenters. The molecule has 0 spiro atoms. The van der Waals surface area contributed by atoms with Crippen LogP contribution in [-0.2, 0) is 9.59 Å². The van der Waals surface area contributed by atoms with Gasteiger partial charge in [-0.3, -0.25) is 14.9 Å². The molecule has 1 heterocycles. The van der Waals surface area contributed by atoms with Crippen molar-refractivity contribution in [3.63, 3.8) is 0 Å². The van der Waals surface area contributed by atoms with Gasteiger partial charge in [-0.15, -0.1) is 0 Å². The summed E-state index contributed by atoms with van der Waals surface area (Å²) < 4.78 is 17.7. The number of halogens is 2. The Labute approximate surface area is 226 Å². The van der Waals surface area contributed by atoms with Gasteiger partial charge in [0.05, 0.1) is 26.0 Å². The molecule has 0 aliphatic carbocycles. The summed E-state index contributed by atoms with van der Waals surface area (Å²) >= 11 is 9.19. The topological polar surface area (TPSA) is 94.2 Å². The second-order valence-electron chi connectivity index (χ2n) is 7.85. The summed E-state index contributed by atoms with van der Waals surface area (Å²) in [6.07, 6.45) is 2.04. The normalized spacial score (nSPS) is 14.5. The van der Waals surface area contributed by atoms with Crippen molar-refractivity contribution >= 4 is 57.1 Å². The Morgan fingerprint density at radius 2 is 1.62 bits per heavy atom. The lowest BCUT2D eigenvalue weighted by Gasteiger charge is -2.26. The van der Waals surface area contributed by atoms with E-state index in [0.717, 1.165) is 15.1 Å². The molecule has 0 saturated carbocycles. The van der Waals surface area contributed by atoms with Crippen molar-refractivity contribution in [2.24, 2.45) is 0 Å². The van der Waals surface area contributed by atoms with Gasteiger partial charge in [0.25, 0.3) is 11.8 Å². The van der Waals surface area contributed by atoms with Crippen molar-refractivity contribution in [3.05, 3.63) is 87.4 Å². The number of hydrogen-bond acceptors (Lipinski definition) is 6. The molecule has 4 amide bonds. The van der Waals surface area contributed by atoms with Crippen molar-refractivity contribution in [1.29, 1.82) is 0 Å². The fourth-order valence-corrected chi connectivity index (χ4v) is 3.89. The SMILES string of the molecule is COc1cc(/C=C2/C(=O)NC(=O)N(c3ccc(Br)cc3)C2=O)ccc1OCCCOc1ccc(Cl)cc1. The first-order valence-corrected chi connectivity index (χ1v) is 12.4. The number of benzene rings is 3. The van der Waals surface area contributed by atoms with E-state index in [4.69, 9.17) is 25.8 Å². The van der Waals surface area contributed by atoms with E-state index >= 15 is 0 Å². The zero-order valence-corrected chi connectivity index (χ0v) is 22.0. The van der Waals surface area contributed by atoms with E-state index in [1.54, 1.807) is 66.7 Å². The Hall–Kier alpha value is -3.82. The smallest absolute Gasteiger partial charge is 0.335 e. The molecule has 190 valence electrons. The number of methoxy groups -OCH3 is 1. The number of barbiturate groups is 1. The quantitative estimate of drug-likeness (QED) is 0.199. The minimum atomic E-state index is -0.809. The number of carbonyl (C=O) groups is 3. The number of hydrogen-bond donors (Lipinski definition) is 1. The lowest BCUT2D eigenvalue weighted by Crippen LogP contribution is -2.54. The first kappa shape index (κ1) is 26.2. The zero-order chi connectivity index (χ0) is 26.4. The van der Waals surface area contributed by atoms with Gasteiger partial charge in [-0.2, -0.15) is 0 Å². The molecular formula is C27H22BrClN2O6. The van der Waals surface area contributed by atoms with Crippen LogP contribution in [0.25, 0.3) is 6.08 Å². The molecule has 1 fully saturated rings. The largest absolute Gasteiger partial charge is 0.493 e. The molecule has 0 atom stereocenters. The molecule has 3 aromatic carbocycles. The van der Waals surface area contributed by atoms with Crippen LogP contribution >= 0.6 is 27.5 Å². The summed E-state index contributed by atoms with van der Waals surface area (Å²) in [7, 11) is 1.50. The third kappa shape index (κ3) is 6.49. The van der Waals surface area contributed by atoms with Crippen molar-refractivity contribution in [2.45, 2.75) is 6.42 Å². The minimum absolute atomic E-state index is 0.183. The average molecular weight is 586 g/mol. The summed E-state index contributed by atoms with van der Waals surface area (Å²) in [6.45, 7) is 0.842. The Bertz CT molecular complexity index is 1340. The van der Waals surface area contributed by atoms with Gasteiger partial charge in [-0.25, -0.2) is 9.69 Å². The van der Waals surface area contributed by atoms with Crippen molar-refractivity contribution in [2.75, 3.05) is 25.2 Å². The average Bonchev–Trinajstić information content (AvgIpc) is 2.89. The third-order valence-electron chi connectivity index (χ3n) is 5.31. The van der Waals surface area contributed by atoms with E-state index in [1.807, 2.05) is 0 Å². The second kappa shape index (κ2) is 11.9. The molecule has 0 bridgehead atoms. The monoisotopic (exact) mass is 584 g/mol. The van der Waals surface area contributed by atoms with Crippen LogP contribution < -0.4 is 24.4 Å². The van der Waals surface area contributed by atoms with Crippen LogP contribution in [0.2, 0.25) is 5.02 Å². The molecule has 1 N–H and O–H groups in total. The number of carbonyl (C=O) groups excluding carboxylic acids is 3. The molecule has 1 aliphatic heterocycles. The van der Waals surface area contributed by atoms with Crippen LogP contribution in [0.3, 0.4) is 0 Å². The molecule has 3 aromatic rings. The summed E-state index contributed by atoms with van der Waals surface area (Å²) in [5.74, 6) is 0.153. The van der Waals surface area contributed by atoms with Gasteiger partial charge in [0.1, 0.15) is 11.3 Å². The lowest BCUT2D eigenvalue weighted by molar-refractivity contribution is -0.122. The van der Waals surface area contributed by atoms with E-state index in [2.05, 4.69) is 21.2 Å². The van der Waals surface area contributed by atoms with E-state index in [9.17, 15) is 14.4 Å². The Morgan fingerprint density at radius 1 is 0.919 bits per heavy atom.